The Balaban J connectivity index is 2.17. The fraction of sp³-hybridized carbons (Fsp3) is 0.333. The van der Waals surface area contributed by atoms with Crippen molar-refractivity contribution in [3.63, 3.8) is 0 Å². The third-order valence-corrected chi connectivity index (χ3v) is 3.91. The van der Waals surface area contributed by atoms with Gasteiger partial charge < -0.3 is 11.1 Å². The lowest BCUT2D eigenvalue weighted by molar-refractivity contribution is -0.122. The standard InChI is InChI=1S/C15H18N4O2S/c1-15(2,3)11(12(16)20)19-13(21)10-8-22-14(18-10)9-6-4-5-7-17-9/h4-8,11H,1-3H3,(H2,16,20)(H,19,21). The van der Waals surface area contributed by atoms with Gasteiger partial charge in [-0.25, -0.2) is 4.98 Å². The maximum atomic E-state index is 12.3. The number of nitrogens with one attached hydrogen (secondary N) is 1. The molecule has 1 unspecified atom stereocenters. The van der Waals surface area contributed by atoms with Gasteiger partial charge in [0.2, 0.25) is 5.91 Å². The molecule has 0 spiro atoms. The van der Waals surface area contributed by atoms with Crippen LogP contribution in [-0.2, 0) is 4.79 Å². The summed E-state index contributed by atoms with van der Waals surface area (Å²) in [6.45, 7) is 5.51. The monoisotopic (exact) mass is 318 g/mol. The highest BCUT2D eigenvalue weighted by molar-refractivity contribution is 7.13. The smallest absolute Gasteiger partial charge is 0.271 e. The Kier molecular flexibility index (Phi) is 4.56. The maximum Gasteiger partial charge on any atom is 0.271 e. The molecule has 0 aromatic carbocycles. The first-order valence-electron chi connectivity index (χ1n) is 6.76. The molecule has 1 atom stereocenters. The Labute approximate surface area is 132 Å². The Hall–Kier alpha value is -2.28. The molecule has 0 radical (unpaired) electrons. The number of nitrogens with two attached hydrogens (primary N) is 1. The van der Waals surface area contributed by atoms with Gasteiger partial charge in [0, 0.05) is 11.6 Å². The minimum absolute atomic E-state index is 0.251. The predicted octanol–water partition coefficient (Wildman–Crippen LogP) is 1.83. The molecular formula is C15H18N4O2S. The normalized spacial score (nSPS) is 12.7. The molecule has 0 aliphatic heterocycles. The van der Waals surface area contributed by atoms with Crippen molar-refractivity contribution in [2.75, 3.05) is 0 Å². The SMILES string of the molecule is CC(C)(C)C(NC(=O)c1csc(-c2ccccn2)n1)C(N)=O. The van der Waals surface area contributed by atoms with E-state index in [0.29, 0.717) is 10.7 Å². The lowest BCUT2D eigenvalue weighted by Gasteiger charge is -2.28. The summed E-state index contributed by atoms with van der Waals surface area (Å²) < 4.78 is 0. The number of amides is 2. The van der Waals surface area contributed by atoms with Gasteiger partial charge in [-0.3, -0.25) is 14.6 Å². The summed E-state index contributed by atoms with van der Waals surface area (Å²) in [5.41, 5.74) is 5.85. The first-order valence-corrected chi connectivity index (χ1v) is 7.64. The lowest BCUT2D eigenvalue weighted by Crippen LogP contribution is -2.52. The van der Waals surface area contributed by atoms with Gasteiger partial charge in [0.15, 0.2) is 0 Å². The predicted molar refractivity (Wildman–Crippen MR) is 85.2 cm³/mol. The highest BCUT2D eigenvalue weighted by Crippen LogP contribution is 2.23. The van der Waals surface area contributed by atoms with E-state index in [1.165, 1.54) is 11.3 Å². The molecule has 7 heteroatoms. The Morgan fingerprint density at radius 1 is 1.32 bits per heavy atom. The number of rotatable bonds is 4. The van der Waals surface area contributed by atoms with Crippen LogP contribution in [0.15, 0.2) is 29.8 Å². The first-order chi connectivity index (χ1) is 10.3. The van der Waals surface area contributed by atoms with Gasteiger partial charge in [0.25, 0.3) is 5.91 Å². The van der Waals surface area contributed by atoms with Crippen molar-refractivity contribution in [1.82, 2.24) is 15.3 Å². The van der Waals surface area contributed by atoms with Gasteiger partial charge in [-0.05, 0) is 17.5 Å². The molecule has 22 heavy (non-hydrogen) atoms. The van der Waals surface area contributed by atoms with Crippen LogP contribution in [0.3, 0.4) is 0 Å². The minimum atomic E-state index is -0.764. The van der Waals surface area contributed by atoms with Gasteiger partial charge in [0.05, 0.1) is 5.69 Å². The summed E-state index contributed by atoms with van der Waals surface area (Å²) in [5.74, 6) is -0.988. The number of primary amides is 1. The summed E-state index contributed by atoms with van der Waals surface area (Å²) in [6, 6.07) is 4.72. The van der Waals surface area contributed by atoms with Crippen LogP contribution >= 0.6 is 11.3 Å². The van der Waals surface area contributed by atoms with Crippen LogP contribution < -0.4 is 11.1 Å². The minimum Gasteiger partial charge on any atom is -0.368 e. The molecule has 0 fully saturated rings. The molecule has 0 aliphatic carbocycles. The largest absolute Gasteiger partial charge is 0.368 e. The number of pyridine rings is 1. The van der Waals surface area contributed by atoms with Crippen molar-refractivity contribution in [2.24, 2.45) is 11.1 Å². The van der Waals surface area contributed by atoms with Crippen molar-refractivity contribution in [1.29, 1.82) is 0 Å². The van der Waals surface area contributed by atoms with Gasteiger partial charge in [-0.1, -0.05) is 26.8 Å². The first kappa shape index (κ1) is 16.1. The zero-order valence-electron chi connectivity index (χ0n) is 12.7. The van der Waals surface area contributed by atoms with Gasteiger partial charge >= 0.3 is 0 Å². The summed E-state index contributed by atoms with van der Waals surface area (Å²) in [6.07, 6.45) is 1.67. The molecule has 0 saturated heterocycles. The molecule has 3 N–H and O–H groups in total. The second kappa shape index (κ2) is 6.23. The van der Waals surface area contributed by atoms with E-state index < -0.39 is 23.3 Å². The number of carbonyl (C=O) groups is 2. The number of thiazole rings is 1. The van der Waals surface area contributed by atoms with Crippen LogP contribution in [0.2, 0.25) is 0 Å². The average molecular weight is 318 g/mol. The van der Waals surface area contributed by atoms with E-state index in [4.69, 9.17) is 5.73 Å². The quantitative estimate of drug-likeness (QED) is 0.898. The number of aromatic nitrogens is 2. The molecule has 2 aromatic rings. The van der Waals surface area contributed by atoms with Crippen molar-refractivity contribution in [3.05, 3.63) is 35.5 Å². The molecule has 6 nitrogen and oxygen atoms in total. The summed E-state index contributed by atoms with van der Waals surface area (Å²) >= 11 is 1.32. The van der Waals surface area contributed by atoms with Crippen molar-refractivity contribution in [3.8, 4) is 10.7 Å². The second-order valence-electron chi connectivity index (χ2n) is 5.93. The molecule has 2 amide bonds. The molecule has 0 aliphatic rings. The average Bonchev–Trinajstić information content (AvgIpc) is 2.93. The topological polar surface area (TPSA) is 98.0 Å². The summed E-state index contributed by atoms with van der Waals surface area (Å²) in [5, 5.41) is 4.94. The number of hydrogen-bond donors (Lipinski definition) is 2. The Morgan fingerprint density at radius 2 is 2.05 bits per heavy atom. The third-order valence-electron chi connectivity index (χ3n) is 3.05. The van der Waals surface area contributed by atoms with E-state index >= 15 is 0 Å². The molecule has 0 bridgehead atoms. The van der Waals surface area contributed by atoms with Crippen LogP contribution in [0, 0.1) is 5.41 Å². The van der Waals surface area contributed by atoms with E-state index in [0.717, 1.165) is 0 Å². The molecule has 2 aromatic heterocycles. The van der Waals surface area contributed by atoms with Crippen LogP contribution in [0.1, 0.15) is 31.3 Å². The molecule has 0 saturated carbocycles. The van der Waals surface area contributed by atoms with E-state index in [-0.39, 0.29) is 5.69 Å². The zero-order valence-corrected chi connectivity index (χ0v) is 13.5. The molecule has 116 valence electrons. The zero-order chi connectivity index (χ0) is 16.3. The van der Waals surface area contributed by atoms with Gasteiger partial charge in [-0.2, -0.15) is 0 Å². The van der Waals surface area contributed by atoms with E-state index in [1.807, 2.05) is 39.0 Å². The maximum absolute atomic E-state index is 12.3. The van der Waals surface area contributed by atoms with E-state index in [1.54, 1.807) is 11.6 Å². The summed E-state index contributed by atoms with van der Waals surface area (Å²) in [4.78, 5) is 32.2. The highest BCUT2D eigenvalue weighted by atomic mass is 32.1. The molecule has 2 heterocycles. The summed E-state index contributed by atoms with van der Waals surface area (Å²) in [7, 11) is 0. The fourth-order valence-electron chi connectivity index (χ4n) is 1.90. The fourth-order valence-corrected chi connectivity index (χ4v) is 2.68. The van der Waals surface area contributed by atoms with Crippen LogP contribution in [0.4, 0.5) is 0 Å². The van der Waals surface area contributed by atoms with Crippen molar-refractivity contribution < 1.29 is 9.59 Å². The second-order valence-corrected chi connectivity index (χ2v) is 6.79. The van der Waals surface area contributed by atoms with E-state index in [9.17, 15) is 9.59 Å². The third kappa shape index (κ3) is 3.67. The number of carbonyl (C=O) groups excluding carboxylic acids is 2. The van der Waals surface area contributed by atoms with Crippen molar-refractivity contribution in [2.45, 2.75) is 26.8 Å². The van der Waals surface area contributed by atoms with Crippen LogP contribution in [0.25, 0.3) is 10.7 Å². The van der Waals surface area contributed by atoms with E-state index in [2.05, 4.69) is 15.3 Å². The van der Waals surface area contributed by atoms with Gasteiger partial charge in [-0.15, -0.1) is 11.3 Å². The Bertz CT molecular complexity index is 676. The molecular weight excluding hydrogens is 300 g/mol. The van der Waals surface area contributed by atoms with Crippen molar-refractivity contribution >= 4 is 23.2 Å². The number of hydrogen-bond acceptors (Lipinski definition) is 5. The van der Waals surface area contributed by atoms with Crippen LogP contribution in [0.5, 0.6) is 0 Å². The highest BCUT2D eigenvalue weighted by Gasteiger charge is 2.31. The van der Waals surface area contributed by atoms with Crippen LogP contribution in [-0.4, -0.2) is 27.8 Å². The van der Waals surface area contributed by atoms with Gasteiger partial charge in [0.1, 0.15) is 16.7 Å². The Morgan fingerprint density at radius 3 is 2.59 bits per heavy atom. The number of nitrogens with zero attached hydrogens (tertiary/aromatic N) is 2. The molecule has 2 rings (SSSR count). The lowest BCUT2D eigenvalue weighted by atomic mass is 9.86.